The molecular formula is C16H15ClFNO2. The van der Waals surface area contributed by atoms with Gasteiger partial charge >= 0.3 is 5.97 Å². The molecule has 0 heterocycles. The van der Waals surface area contributed by atoms with Gasteiger partial charge in [-0.3, -0.25) is 0 Å². The van der Waals surface area contributed by atoms with Crippen LogP contribution in [0.2, 0.25) is 5.02 Å². The molecule has 5 heteroatoms. The van der Waals surface area contributed by atoms with Crippen LogP contribution in [0.1, 0.15) is 21.5 Å². The first-order valence-corrected chi connectivity index (χ1v) is 6.75. The van der Waals surface area contributed by atoms with Crippen molar-refractivity contribution < 1.29 is 14.3 Å². The SMILES string of the molecule is Cc1cc(Cl)c(CN(C)c2ccc(C(=O)O)cc2)cc1F. The number of carboxylic acids is 1. The molecule has 2 rings (SSSR count). The molecule has 0 amide bonds. The fourth-order valence-corrected chi connectivity index (χ4v) is 2.29. The highest BCUT2D eigenvalue weighted by atomic mass is 35.5. The number of hydrogen-bond donors (Lipinski definition) is 1. The van der Waals surface area contributed by atoms with Crippen molar-refractivity contribution in [2.24, 2.45) is 0 Å². The Morgan fingerprint density at radius 2 is 1.90 bits per heavy atom. The predicted molar refractivity (Wildman–Crippen MR) is 81.7 cm³/mol. The normalized spacial score (nSPS) is 10.5. The van der Waals surface area contributed by atoms with Gasteiger partial charge in [-0.25, -0.2) is 9.18 Å². The zero-order chi connectivity index (χ0) is 15.6. The van der Waals surface area contributed by atoms with E-state index in [1.165, 1.54) is 18.2 Å². The predicted octanol–water partition coefficient (Wildman–Crippen LogP) is 4.12. The molecule has 2 aromatic carbocycles. The highest BCUT2D eigenvalue weighted by Gasteiger charge is 2.10. The van der Waals surface area contributed by atoms with Gasteiger partial charge in [-0.1, -0.05) is 11.6 Å². The molecule has 0 aliphatic carbocycles. The summed E-state index contributed by atoms with van der Waals surface area (Å²) in [7, 11) is 1.84. The number of halogens is 2. The van der Waals surface area contributed by atoms with E-state index in [1.807, 2.05) is 11.9 Å². The number of carboxylic acid groups (broad SMARTS) is 1. The molecule has 0 spiro atoms. The van der Waals surface area contributed by atoms with Crippen molar-refractivity contribution >= 4 is 23.3 Å². The lowest BCUT2D eigenvalue weighted by Gasteiger charge is -2.20. The Hall–Kier alpha value is -2.07. The summed E-state index contributed by atoms with van der Waals surface area (Å²) in [6.07, 6.45) is 0. The van der Waals surface area contributed by atoms with E-state index in [4.69, 9.17) is 16.7 Å². The first kappa shape index (κ1) is 15.3. The van der Waals surface area contributed by atoms with Gasteiger partial charge < -0.3 is 10.0 Å². The maximum Gasteiger partial charge on any atom is 0.335 e. The fourth-order valence-electron chi connectivity index (χ4n) is 2.01. The minimum Gasteiger partial charge on any atom is -0.478 e. The van der Waals surface area contributed by atoms with E-state index in [0.29, 0.717) is 22.7 Å². The van der Waals surface area contributed by atoms with Gasteiger partial charge in [0.2, 0.25) is 0 Å². The summed E-state index contributed by atoms with van der Waals surface area (Å²) in [5.74, 6) is -1.25. The molecule has 110 valence electrons. The molecule has 0 aliphatic rings. The van der Waals surface area contributed by atoms with Gasteiger partial charge in [0.05, 0.1) is 5.56 Å². The Morgan fingerprint density at radius 1 is 1.29 bits per heavy atom. The Kier molecular flexibility index (Phi) is 4.48. The second-order valence-corrected chi connectivity index (χ2v) is 5.31. The lowest BCUT2D eigenvalue weighted by atomic mass is 10.1. The third-order valence-electron chi connectivity index (χ3n) is 3.29. The van der Waals surface area contributed by atoms with Crippen LogP contribution in [-0.2, 0) is 6.54 Å². The maximum atomic E-state index is 13.6. The van der Waals surface area contributed by atoms with Gasteiger partial charge in [0.25, 0.3) is 0 Å². The van der Waals surface area contributed by atoms with Crippen LogP contribution in [0, 0.1) is 12.7 Å². The summed E-state index contributed by atoms with van der Waals surface area (Å²) >= 11 is 6.13. The minimum absolute atomic E-state index is 0.228. The van der Waals surface area contributed by atoms with Gasteiger partial charge in [0.1, 0.15) is 5.82 Å². The van der Waals surface area contributed by atoms with Gasteiger partial charge in [-0.05, 0) is 54.4 Å². The molecule has 3 nitrogen and oxygen atoms in total. The number of hydrogen-bond acceptors (Lipinski definition) is 2. The highest BCUT2D eigenvalue weighted by Crippen LogP contribution is 2.24. The largest absolute Gasteiger partial charge is 0.478 e. The Morgan fingerprint density at radius 3 is 2.48 bits per heavy atom. The van der Waals surface area contributed by atoms with E-state index in [0.717, 1.165) is 5.69 Å². The van der Waals surface area contributed by atoms with Crippen LogP contribution in [0.5, 0.6) is 0 Å². The van der Waals surface area contributed by atoms with E-state index < -0.39 is 5.97 Å². The molecule has 1 N–H and O–H groups in total. The highest BCUT2D eigenvalue weighted by molar-refractivity contribution is 6.31. The molecule has 0 fully saturated rings. The maximum absolute atomic E-state index is 13.6. The van der Waals surface area contributed by atoms with Gasteiger partial charge in [0.15, 0.2) is 0 Å². The molecule has 0 aromatic heterocycles. The topological polar surface area (TPSA) is 40.5 Å². The Balaban J connectivity index is 2.19. The van der Waals surface area contributed by atoms with Crippen molar-refractivity contribution in [3.05, 3.63) is 63.9 Å². The Labute approximate surface area is 127 Å². The van der Waals surface area contributed by atoms with E-state index in [2.05, 4.69) is 0 Å². The molecule has 0 radical (unpaired) electrons. The van der Waals surface area contributed by atoms with Crippen LogP contribution >= 0.6 is 11.6 Å². The number of aryl methyl sites for hydroxylation is 1. The molecule has 0 aliphatic heterocycles. The van der Waals surface area contributed by atoms with Crippen LogP contribution in [0.4, 0.5) is 10.1 Å². The van der Waals surface area contributed by atoms with Crippen molar-refractivity contribution in [1.82, 2.24) is 0 Å². The molecule has 0 bridgehead atoms. The second-order valence-electron chi connectivity index (χ2n) is 4.90. The molecule has 0 unspecified atom stereocenters. The standard InChI is InChI=1S/C16H15ClFNO2/c1-10-7-14(17)12(8-15(10)18)9-19(2)13-5-3-11(4-6-13)16(20)21/h3-8H,9H2,1-2H3,(H,20,21). The van der Waals surface area contributed by atoms with Crippen LogP contribution < -0.4 is 4.90 Å². The molecule has 0 atom stereocenters. The summed E-state index contributed by atoms with van der Waals surface area (Å²) in [5, 5.41) is 9.39. The molecule has 2 aromatic rings. The van der Waals surface area contributed by atoms with Crippen molar-refractivity contribution in [1.29, 1.82) is 0 Å². The van der Waals surface area contributed by atoms with Crippen molar-refractivity contribution in [3.63, 3.8) is 0 Å². The third-order valence-corrected chi connectivity index (χ3v) is 3.64. The average Bonchev–Trinajstić information content (AvgIpc) is 2.44. The summed E-state index contributed by atoms with van der Waals surface area (Å²) in [4.78, 5) is 12.7. The van der Waals surface area contributed by atoms with Crippen LogP contribution in [-0.4, -0.2) is 18.1 Å². The minimum atomic E-state index is -0.965. The van der Waals surface area contributed by atoms with Crippen LogP contribution in [0.3, 0.4) is 0 Å². The van der Waals surface area contributed by atoms with Crippen molar-refractivity contribution in [2.45, 2.75) is 13.5 Å². The zero-order valence-corrected chi connectivity index (χ0v) is 12.5. The summed E-state index contributed by atoms with van der Waals surface area (Å²) in [6.45, 7) is 2.10. The van der Waals surface area contributed by atoms with Crippen LogP contribution in [0.25, 0.3) is 0 Å². The van der Waals surface area contributed by atoms with E-state index in [1.54, 1.807) is 25.1 Å². The lowest BCUT2D eigenvalue weighted by molar-refractivity contribution is 0.0697. The first-order valence-electron chi connectivity index (χ1n) is 6.37. The summed E-state index contributed by atoms with van der Waals surface area (Å²) in [6, 6.07) is 9.52. The number of carbonyl (C=O) groups is 1. The van der Waals surface area contributed by atoms with Gasteiger partial charge in [-0.2, -0.15) is 0 Å². The van der Waals surface area contributed by atoms with Gasteiger partial charge in [0, 0.05) is 24.3 Å². The van der Waals surface area contributed by atoms with Crippen LogP contribution in [0.15, 0.2) is 36.4 Å². The van der Waals surface area contributed by atoms with E-state index >= 15 is 0 Å². The number of aromatic carboxylic acids is 1. The Bertz CT molecular complexity index is 671. The molecule has 0 saturated carbocycles. The quantitative estimate of drug-likeness (QED) is 0.923. The fraction of sp³-hybridized carbons (Fsp3) is 0.188. The van der Waals surface area contributed by atoms with E-state index in [9.17, 15) is 9.18 Å². The molecule has 0 saturated heterocycles. The van der Waals surface area contributed by atoms with Gasteiger partial charge in [-0.15, -0.1) is 0 Å². The van der Waals surface area contributed by atoms with Crippen molar-refractivity contribution in [3.8, 4) is 0 Å². The number of nitrogens with zero attached hydrogens (tertiary/aromatic N) is 1. The number of anilines is 1. The third kappa shape index (κ3) is 3.52. The van der Waals surface area contributed by atoms with Crippen molar-refractivity contribution in [2.75, 3.05) is 11.9 Å². The second kappa shape index (κ2) is 6.14. The monoisotopic (exact) mass is 307 g/mol. The summed E-state index contributed by atoms with van der Waals surface area (Å²) in [5.41, 5.74) is 2.26. The lowest BCUT2D eigenvalue weighted by Crippen LogP contribution is -2.17. The first-order chi connectivity index (χ1) is 9.88. The number of benzene rings is 2. The average molecular weight is 308 g/mol. The zero-order valence-electron chi connectivity index (χ0n) is 11.7. The smallest absolute Gasteiger partial charge is 0.335 e. The summed E-state index contributed by atoms with van der Waals surface area (Å²) < 4.78 is 13.6. The number of rotatable bonds is 4. The molecule has 21 heavy (non-hydrogen) atoms. The van der Waals surface area contributed by atoms with E-state index in [-0.39, 0.29) is 11.4 Å². The molecular weight excluding hydrogens is 293 g/mol.